The molecule has 0 saturated carbocycles. The van der Waals surface area contributed by atoms with Gasteiger partial charge in [0.2, 0.25) is 0 Å². The highest BCUT2D eigenvalue weighted by Gasteiger charge is 2.29. The van der Waals surface area contributed by atoms with E-state index in [1.807, 2.05) is 0 Å². The van der Waals surface area contributed by atoms with Gasteiger partial charge in [0.15, 0.2) is 5.96 Å². The number of hydrogen-bond donors (Lipinski definition) is 2. The smallest absolute Gasteiger partial charge is 0.191 e. The molecule has 0 amide bonds. The molecule has 3 unspecified atom stereocenters. The summed E-state index contributed by atoms with van der Waals surface area (Å²) in [4.78, 5) is 9.95. The Bertz CT molecular complexity index is 623. The van der Waals surface area contributed by atoms with E-state index in [2.05, 4.69) is 71.5 Å². The molecule has 0 bridgehead atoms. The van der Waals surface area contributed by atoms with Crippen LogP contribution in [0.5, 0.6) is 0 Å². The van der Waals surface area contributed by atoms with Gasteiger partial charge in [0.05, 0.1) is 13.2 Å². The highest BCUT2D eigenvalue weighted by molar-refractivity contribution is 14.0. The molecule has 3 rings (SSSR count). The van der Waals surface area contributed by atoms with Crippen LogP contribution in [0.2, 0.25) is 0 Å². The molecule has 0 spiro atoms. The summed E-state index contributed by atoms with van der Waals surface area (Å²) in [7, 11) is 0. The van der Waals surface area contributed by atoms with E-state index in [-0.39, 0.29) is 24.0 Å². The fourth-order valence-electron chi connectivity index (χ4n) is 4.28. The summed E-state index contributed by atoms with van der Waals surface area (Å²) in [6, 6.07) is 11.8. The van der Waals surface area contributed by atoms with Crippen molar-refractivity contribution in [3.05, 3.63) is 35.9 Å². The number of nitrogens with one attached hydrogen (secondary N) is 2. The van der Waals surface area contributed by atoms with Crippen molar-refractivity contribution in [1.29, 1.82) is 0 Å². The minimum atomic E-state index is 0. The van der Waals surface area contributed by atoms with Crippen molar-refractivity contribution in [3.8, 4) is 0 Å². The van der Waals surface area contributed by atoms with Gasteiger partial charge >= 0.3 is 0 Å². The van der Waals surface area contributed by atoms with E-state index in [1.54, 1.807) is 0 Å². The number of likely N-dealkylation sites (tertiary alicyclic amines) is 1. The third-order valence-corrected chi connectivity index (χ3v) is 5.85. The molecule has 30 heavy (non-hydrogen) atoms. The van der Waals surface area contributed by atoms with Gasteiger partial charge in [0, 0.05) is 57.9 Å². The van der Waals surface area contributed by atoms with E-state index >= 15 is 0 Å². The number of benzene rings is 1. The number of ether oxygens (including phenoxy) is 1. The van der Waals surface area contributed by atoms with Crippen LogP contribution in [0.1, 0.15) is 32.8 Å². The van der Waals surface area contributed by atoms with Gasteiger partial charge < -0.3 is 15.4 Å². The van der Waals surface area contributed by atoms with E-state index in [4.69, 9.17) is 9.73 Å². The quantitative estimate of drug-likeness (QED) is 0.308. The molecule has 1 aromatic rings. The number of rotatable bonds is 8. The van der Waals surface area contributed by atoms with Crippen molar-refractivity contribution >= 4 is 29.9 Å². The minimum Gasteiger partial charge on any atom is -0.379 e. The van der Waals surface area contributed by atoms with Gasteiger partial charge in [-0.05, 0) is 31.7 Å². The maximum atomic E-state index is 5.45. The predicted octanol–water partition coefficient (Wildman–Crippen LogP) is 2.79. The Morgan fingerprint density at radius 1 is 1.23 bits per heavy atom. The number of nitrogens with zero attached hydrogens (tertiary/aromatic N) is 3. The van der Waals surface area contributed by atoms with Gasteiger partial charge in [0.25, 0.3) is 0 Å². The Morgan fingerprint density at radius 3 is 2.67 bits per heavy atom. The van der Waals surface area contributed by atoms with Gasteiger partial charge in [-0.15, -0.1) is 24.0 Å². The molecule has 2 fully saturated rings. The van der Waals surface area contributed by atoms with Gasteiger partial charge in [-0.2, -0.15) is 0 Å². The summed E-state index contributed by atoms with van der Waals surface area (Å²) in [5.74, 6) is 1.50. The molecule has 7 heteroatoms. The largest absolute Gasteiger partial charge is 0.379 e. The van der Waals surface area contributed by atoms with Crippen LogP contribution in [0, 0.1) is 5.92 Å². The van der Waals surface area contributed by atoms with E-state index in [0.717, 1.165) is 71.4 Å². The topological polar surface area (TPSA) is 52.1 Å². The molecule has 2 N–H and O–H groups in total. The molecule has 2 saturated heterocycles. The molecule has 2 aliphatic heterocycles. The molecule has 1 aromatic carbocycles. The van der Waals surface area contributed by atoms with Crippen LogP contribution in [-0.4, -0.2) is 80.3 Å². The van der Waals surface area contributed by atoms with Gasteiger partial charge in [-0.25, -0.2) is 0 Å². The molecule has 0 radical (unpaired) electrons. The molecular weight excluding hydrogens is 489 g/mol. The molecule has 170 valence electrons. The van der Waals surface area contributed by atoms with Crippen molar-refractivity contribution < 1.29 is 4.74 Å². The monoisotopic (exact) mass is 529 g/mol. The lowest BCUT2D eigenvalue weighted by atomic mass is 10.1. The zero-order valence-corrected chi connectivity index (χ0v) is 21.2. The Kier molecular flexibility index (Phi) is 11.4. The zero-order chi connectivity index (χ0) is 20.5. The standard InChI is InChI=1S/C23H39N5O.HI/c1-4-24-23(25-15-19(2)16-27-10-12-29-13-11-27)26-22-14-20(3)28(18-22)17-21-8-6-5-7-9-21;/h5-9,19-20,22H,4,10-18H2,1-3H3,(H2,24,25,26);1H. The number of hydrogen-bond acceptors (Lipinski definition) is 4. The van der Waals surface area contributed by atoms with Crippen LogP contribution in [-0.2, 0) is 11.3 Å². The average Bonchev–Trinajstić information content (AvgIpc) is 3.06. The predicted molar refractivity (Wildman–Crippen MR) is 136 cm³/mol. The highest BCUT2D eigenvalue weighted by atomic mass is 127. The Labute approximate surface area is 199 Å². The first-order valence-corrected chi connectivity index (χ1v) is 11.3. The van der Waals surface area contributed by atoms with E-state index in [9.17, 15) is 0 Å². The fraction of sp³-hybridized carbons (Fsp3) is 0.696. The van der Waals surface area contributed by atoms with Crippen molar-refractivity contribution in [3.63, 3.8) is 0 Å². The maximum absolute atomic E-state index is 5.45. The molecule has 2 heterocycles. The summed E-state index contributed by atoms with van der Waals surface area (Å²) >= 11 is 0. The van der Waals surface area contributed by atoms with Crippen molar-refractivity contribution in [2.75, 3.05) is 52.5 Å². The van der Waals surface area contributed by atoms with Crippen LogP contribution in [0.15, 0.2) is 35.3 Å². The SMILES string of the molecule is CCNC(=NCC(C)CN1CCOCC1)NC1CC(C)N(Cc2ccccc2)C1.I. The van der Waals surface area contributed by atoms with Crippen molar-refractivity contribution in [1.82, 2.24) is 20.4 Å². The van der Waals surface area contributed by atoms with Crippen LogP contribution >= 0.6 is 24.0 Å². The molecular formula is C23H40IN5O. The van der Waals surface area contributed by atoms with Crippen LogP contribution in [0.25, 0.3) is 0 Å². The summed E-state index contributed by atoms with van der Waals surface area (Å²) < 4.78 is 5.45. The summed E-state index contributed by atoms with van der Waals surface area (Å²) in [6.07, 6.45) is 1.15. The second kappa shape index (κ2) is 13.5. The highest BCUT2D eigenvalue weighted by Crippen LogP contribution is 2.20. The van der Waals surface area contributed by atoms with Crippen LogP contribution in [0.4, 0.5) is 0 Å². The number of morpholine rings is 1. The van der Waals surface area contributed by atoms with Crippen molar-refractivity contribution in [2.45, 2.75) is 45.8 Å². The lowest BCUT2D eigenvalue weighted by Crippen LogP contribution is -2.45. The first-order valence-electron chi connectivity index (χ1n) is 11.3. The Balaban J connectivity index is 0.00000320. The number of aliphatic imine (C=N–C) groups is 1. The van der Waals surface area contributed by atoms with Gasteiger partial charge in [-0.3, -0.25) is 14.8 Å². The zero-order valence-electron chi connectivity index (χ0n) is 18.8. The van der Waals surface area contributed by atoms with E-state index < -0.39 is 0 Å². The maximum Gasteiger partial charge on any atom is 0.191 e. The first kappa shape index (κ1) is 25.4. The van der Waals surface area contributed by atoms with Crippen LogP contribution in [0.3, 0.4) is 0 Å². The second-order valence-electron chi connectivity index (χ2n) is 8.58. The first-order chi connectivity index (χ1) is 14.1. The van der Waals surface area contributed by atoms with Gasteiger partial charge in [0.1, 0.15) is 0 Å². The van der Waals surface area contributed by atoms with E-state index in [0.29, 0.717) is 18.0 Å². The fourth-order valence-corrected chi connectivity index (χ4v) is 4.28. The lowest BCUT2D eigenvalue weighted by Gasteiger charge is -2.28. The number of guanidine groups is 1. The third-order valence-electron chi connectivity index (χ3n) is 5.85. The van der Waals surface area contributed by atoms with E-state index in [1.165, 1.54) is 5.56 Å². The van der Waals surface area contributed by atoms with Crippen molar-refractivity contribution in [2.24, 2.45) is 10.9 Å². The Hall–Kier alpha value is -0.900. The average molecular weight is 530 g/mol. The Morgan fingerprint density at radius 2 is 1.97 bits per heavy atom. The summed E-state index contributed by atoms with van der Waals surface area (Å²) in [6.45, 7) is 15.5. The van der Waals surface area contributed by atoms with Gasteiger partial charge in [-0.1, -0.05) is 37.3 Å². The molecule has 0 aromatic heterocycles. The molecule has 0 aliphatic carbocycles. The molecule has 2 aliphatic rings. The minimum absolute atomic E-state index is 0. The summed E-state index contributed by atoms with van der Waals surface area (Å²) in [5.41, 5.74) is 1.39. The molecule has 6 nitrogen and oxygen atoms in total. The lowest BCUT2D eigenvalue weighted by molar-refractivity contribution is 0.0323. The molecule has 3 atom stereocenters. The number of halogens is 1. The third kappa shape index (κ3) is 8.32. The second-order valence-corrected chi connectivity index (χ2v) is 8.58. The van der Waals surface area contributed by atoms with Crippen LogP contribution < -0.4 is 10.6 Å². The summed E-state index contributed by atoms with van der Waals surface area (Å²) in [5, 5.41) is 7.12. The normalized spacial score (nSPS) is 24.3.